The highest BCUT2D eigenvalue weighted by Gasteiger charge is 2.20. The van der Waals surface area contributed by atoms with E-state index in [-0.39, 0.29) is 5.56 Å². The molecule has 2 aromatic rings. The third kappa shape index (κ3) is 2.79. The van der Waals surface area contributed by atoms with Gasteiger partial charge in [-0.05, 0) is 44.0 Å². The van der Waals surface area contributed by atoms with E-state index in [1.807, 2.05) is 31.2 Å². The molecule has 0 bridgehead atoms. The summed E-state index contributed by atoms with van der Waals surface area (Å²) in [5, 5.41) is 4.38. The first-order valence-electron chi connectivity index (χ1n) is 6.78. The molecule has 0 atom stereocenters. The van der Waals surface area contributed by atoms with E-state index in [0.29, 0.717) is 19.2 Å². The number of pyridine rings is 1. The number of hydrogen-bond donors (Lipinski definition) is 2. The molecule has 0 aliphatic heterocycles. The van der Waals surface area contributed by atoms with Crippen molar-refractivity contribution in [2.45, 2.75) is 32.4 Å². The molecule has 0 unspecified atom stereocenters. The highest BCUT2D eigenvalue weighted by atomic mass is 16.5. The van der Waals surface area contributed by atoms with Gasteiger partial charge in [0.25, 0.3) is 5.56 Å². The van der Waals surface area contributed by atoms with Crippen LogP contribution in [0.4, 0.5) is 0 Å². The van der Waals surface area contributed by atoms with Gasteiger partial charge in [0.2, 0.25) is 0 Å². The van der Waals surface area contributed by atoms with Crippen molar-refractivity contribution in [1.82, 2.24) is 10.3 Å². The van der Waals surface area contributed by atoms with E-state index in [0.717, 1.165) is 22.2 Å². The van der Waals surface area contributed by atoms with Crippen LogP contribution in [0.25, 0.3) is 10.9 Å². The Morgan fingerprint density at radius 3 is 2.95 bits per heavy atom. The Morgan fingerprint density at radius 1 is 1.37 bits per heavy atom. The highest BCUT2D eigenvalue weighted by molar-refractivity contribution is 5.80. The molecule has 1 aromatic heterocycles. The monoisotopic (exact) mass is 258 g/mol. The van der Waals surface area contributed by atoms with Crippen LogP contribution in [0.3, 0.4) is 0 Å². The third-order valence-electron chi connectivity index (χ3n) is 3.36. The molecule has 1 aliphatic carbocycles. The summed E-state index contributed by atoms with van der Waals surface area (Å²) >= 11 is 0. The summed E-state index contributed by atoms with van der Waals surface area (Å²) in [6.07, 6.45) is 2.44. The molecule has 100 valence electrons. The number of hydrogen-bond acceptors (Lipinski definition) is 3. The Balaban J connectivity index is 1.92. The van der Waals surface area contributed by atoms with Gasteiger partial charge in [0.15, 0.2) is 0 Å². The van der Waals surface area contributed by atoms with E-state index in [1.54, 1.807) is 0 Å². The normalized spacial score (nSPS) is 14.8. The first-order chi connectivity index (χ1) is 9.26. The van der Waals surface area contributed by atoms with Crippen molar-refractivity contribution < 1.29 is 4.74 Å². The number of aromatic nitrogens is 1. The van der Waals surface area contributed by atoms with Gasteiger partial charge < -0.3 is 15.0 Å². The van der Waals surface area contributed by atoms with Crippen molar-refractivity contribution in [2.75, 3.05) is 6.61 Å². The SMILES string of the molecule is CCOc1ccc2[nH]c(=O)c(CNC3CC3)cc2c1. The number of aromatic amines is 1. The molecule has 0 amide bonds. The van der Waals surface area contributed by atoms with Crippen LogP contribution in [-0.2, 0) is 6.54 Å². The van der Waals surface area contributed by atoms with Crippen molar-refractivity contribution in [3.63, 3.8) is 0 Å². The molecular formula is C15H18N2O2. The van der Waals surface area contributed by atoms with E-state index >= 15 is 0 Å². The second kappa shape index (κ2) is 5.05. The second-order valence-electron chi connectivity index (χ2n) is 4.96. The van der Waals surface area contributed by atoms with E-state index in [4.69, 9.17) is 4.74 Å². The number of H-pyrrole nitrogens is 1. The first-order valence-corrected chi connectivity index (χ1v) is 6.78. The average Bonchev–Trinajstić information content (AvgIpc) is 3.21. The lowest BCUT2D eigenvalue weighted by Gasteiger charge is -2.07. The maximum Gasteiger partial charge on any atom is 0.252 e. The number of ether oxygens (including phenoxy) is 1. The molecule has 3 rings (SSSR count). The maximum atomic E-state index is 11.9. The van der Waals surface area contributed by atoms with Gasteiger partial charge in [-0.3, -0.25) is 4.79 Å². The average molecular weight is 258 g/mol. The Kier molecular flexibility index (Phi) is 3.25. The van der Waals surface area contributed by atoms with Crippen LogP contribution in [0.5, 0.6) is 5.75 Å². The molecule has 4 heteroatoms. The Bertz CT molecular complexity index is 644. The van der Waals surface area contributed by atoms with E-state index in [1.165, 1.54) is 12.8 Å². The van der Waals surface area contributed by atoms with Gasteiger partial charge in [-0.1, -0.05) is 0 Å². The van der Waals surface area contributed by atoms with Gasteiger partial charge >= 0.3 is 0 Å². The molecule has 0 spiro atoms. The van der Waals surface area contributed by atoms with Crippen molar-refractivity contribution in [1.29, 1.82) is 0 Å². The smallest absolute Gasteiger partial charge is 0.252 e. The predicted octanol–water partition coefficient (Wildman–Crippen LogP) is 2.18. The van der Waals surface area contributed by atoms with Crippen molar-refractivity contribution in [3.05, 3.63) is 40.2 Å². The molecule has 1 aromatic carbocycles. The fourth-order valence-electron chi connectivity index (χ4n) is 2.16. The maximum absolute atomic E-state index is 11.9. The van der Waals surface area contributed by atoms with Crippen molar-refractivity contribution in [2.24, 2.45) is 0 Å². The minimum atomic E-state index is -0.00944. The molecule has 4 nitrogen and oxygen atoms in total. The van der Waals surface area contributed by atoms with Crippen LogP contribution in [0.2, 0.25) is 0 Å². The summed E-state index contributed by atoms with van der Waals surface area (Å²) in [7, 11) is 0. The van der Waals surface area contributed by atoms with Gasteiger partial charge in [-0.25, -0.2) is 0 Å². The van der Waals surface area contributed by atoms with Gasteiger partial charge in [-0.2, -0.15) is 0 Å². The van der Waals surface area contributed by atoms with Crippen molar-refractivity contribution in [3.8, 4) is 5.75 Å². The van der Waals surface area contributed by atoms with Crippen LogP contribution < -0.4 is 15.6 Å². The lowest BCUT2D eigenvalue weighted by molar-refractivity contribution is 0.340. The molecule has 1 saturated carbocycles. The minimum Gasteiger partial charge on any atom is -0.494 e. The van der Waals surface area contributed by atoms with E-state index in [2.05, 4.69) is 10.3 Å². The second-order valence-corrected chi connectivity index (χ2v) is 4.96. The molecule has 2 N–H and O–H groups in total. The predicted molar refractivity (Wildman–Crippen MR) is 75.6 cm³/mol. The first kappa shape index (κ1) is 12.2. The number of nitrogens with one attached hydrogen (secondary N) is 2. The lowest BCUT2D eigenvalue weighted by Crippen LogP contribution is -2.22. The van der Waals surface area contributed by atoms with E-state index < -0.39 is 0 Å². The van der Waals surface area contributed by atoms with Gasteiger partial charge in [0, 0.05) is 29.1 Å². The van der Waals surface area contributed by atoms with Crippen LogP contribution in [0.15, 0.2) is 29.1 Å². The molecule has 19 heavy (non-hydrogen) atoms. The molecule has 0 saturated heterocycles. The molecule has 1 fully saturated rings. The zero-order chi connectivity index (χ0) is 13.2. The van der Waals surface area contributed by atoms with Crippen LogP contribution >= 0.6 is 0 Å². The number of benzene rings is 1. The standard InChI is InChI=1S/C15H18N2O2/c1-2-19-13-5-6-14-10(8-13)7-11(15(18)17-14)9-16-12-3-4-12/h5-8,12,16H,2-4,9H2,1H3,(H,17,18). The van der Waals surface area contributed by atoms with Gasteiger partial charge in [0.1, 0.15) is 5.75 Å². The quantitative estimate of drug-likeness (QED) is 0.864. The molecular weight excluding hydrogens is 240 g/mol. The molecule has 1 heterocycles. The summed E-state index contributed by atoms with van der Waals surface area (Å²) in [6.45, 7) is 3.24. The van der Waals surface area contributed by atoms with Gasteiger partial charge in [0.05, 0.1) is 6.61 Å². The van der Waals surface area contributed by atoms with Gasteiger partial charge in [-0.15, -0.1) is 0 Å². The third-order valence-corrected chi connectivity index (χ3v) is 3.36. The number of fused-ring (bicyclic) bond motifs is 1. The summed E-state index contributed by atoms with van der Waals surface area (Å²) in [6, 6.07) is 8.29. The Labute approximate surface area is 111 Å². The zero-order valence-corrected chi connectivity index (χ0v) is 11.0. The Hall–Kier alpha value is -1.81. The summed E-state index contributed by atoms with van der Waals surface area (Å²) in [5.74, 6) is 0.836. The topological polar surface area (TPSA) is 54.1 Å². The van der Waals surface area contributed by atoms with Crippen molar-refractivity contribution >= 4 is 10.9 Å². The summed E-state index contributed by atoms with van der Waals surface area (Å²) in [4.78, 5) is 14.9. The molecule has 1 aliphatic rings. The Morgan fingerprint density at radius 2 is 2.21 bits per heavy atom. The van der Waals surface area contributed by atoms with Crippen LogP contribution in [-0.4, -0.2) is 17.6 Å². The summed E-state index contributed by atoms with van der Waals surface area (Å²) in [5.41, 5.74) is 1.63. The largest absolute Gasteiger partial charge is 0.494 e. The fraction of sp³-hybridized carbons (Fsp3) is 0.400. The minimum absolute atomic E-state index is 0.00944. The van der Waals surface area contributed by atoms with Crippen LogP contribution in [0, 0.1) is 0 Å². The fourth-order valence-corrected chi connectivity index (χ4v) is 2.16. The molecule has 0 radical (unpaired) electrons. The van der Waals surface area contributed by atoms with E-state index in [9.17, 15) is 4.79 Å². The lowest BCUT2D eigenvalue weighted by atomic mass is 10.1. The summed E-state index contributed by atoms with van der Waals surface area (Å²) < 4.78 is 5.48. The van der Waals surface area contributed by atoms with Crippen LogP contribution in [0.1, 0.15) is 25.3 Å². The zero-order valence-electron chi connectivity index (χ0n) is 11.0. The number of rotatable bonds is 5. The highest BCUT2D eigenvalue weighted by Crippen LogP contribution is 2.21.